The molecule has 1 aromatic carbocycles. The van der Waals surface area contributed by atoms with Crippen molar-refractivity contribution in [2.24, 2.45) is 0 Å². The van der Waals surface area contributed by atoms with Crippen LogP contribution in [0.4, 0.5) is 15.9 Å². The Balaban J connectivity index is 1.54. The van der Waals surface area contributed by atoms with Crippen LogP contribution >= 0.6 is 0 Å². The topological polar surface area (TPSA) is 78.4 Å². The van der Waals surface area contributed by atoms with Crippen molar-refractivity contribution in [3.63, 3.8) is 0 Å². The molecule has 1 N–H and O–H groups in total. The molecule has 4 rings (SSSR count). The lowest BCUT2D eigenvalue weighted by Crippen LogP contribution is -2.40. The zero-order valence-corrected chi connectivity index (χ0v) is 17.3. The number of nitrogens with one attached hydrogen (secondary N) is 1. The maximum absolute atomic E-state index is 13.1. The van der Waals surface area contributed by atoms with E-state index in [0.717, 1.165) is 37.1 Å². The highest BCUT2D eigenvalue weighted by atomic mass is 19.1. The summed E-state index contributed by atoms with van der Waals surface area (Å²) in [5, 5.41) is 2.82. The van der Waals surface area contributed by atoms with Crippen LogP contribution in [0.3, 0.4) is 0 Å². The summed E-state index contributed by atoms with van der Waals surface area (Å²) < 4.78 is 13.1. The van der Waals surface area contributed by atoms with Crippen molar-refractivity contribution in [3.8, 4) is 0 Å². The van der Waals surface area contributed by atoms with Gasteiger partial charge in [0.05, 0.1) is 12.6 Å². The van der Waals surface area contributed by atoms with E-state index in [-0.39, 0.29) is 30.2 Å². The molecular formula is C22H26FN5O2. The van der Waals surface area contributed by atoms with Crippen LogP contribution in [0.25, 0.3) is 0 Å². The average molecular weight is 411 g/mol. The summed E-state index contributed by atoms with van der Waals surface area (Å²) >= 11 is 0. The van der Waals surface area contributed by atoms with E-state index < -0.39 is 0 Å². The first-order valence-electron chi connectivity index (χ1n) is 10.4. The van der Waals surface area contributed by atoms with E-state index in [4.69, 9.17) is 9.97 Å². The van der Waals surface area contributed by atoms with Crippen LogP contribution in [0.15, 0.2) is 24.3 Å². The summed E-state index contributed by atoms with van der Waals surface area (Å²) in [6, 6.07) is 5.65. The van der Waals surface area contributed by atoms with Crippen LogP contribution < -0.4 is 10.2 Å². The van der Waals surface area contributed by atoms with E-state index in [2.05, 4.69) is 10.2 Å². The monoisotopic (exact) mass is 411 g/mol. The van der Waals surface area contributed by atoms with E-state index in [1.807, 2.05) is 6.92 Å². The highest BCUT2D eigenvalue weighted by molar-refractivity contribution is 5.95. The Morgan fingerprint density at radius 2 is 1.97 bits per heavy atom. The number of aromatic nitrogens is 2. The molecule has 3 heterocycles. The largest absolute Gasteiger partial charge is 0.325 e. The molecule has 2 aliphatic rings. The maximum atomic E-state index is 13.1. The smallest absolute Gasteiger partial charge is 0.238 e. The van der Waals surface area contributed by atoms with Crippen molar-refractivity contribution >= 4 is 23.3 Å². The number of piperidine rings is 1. The molecule has 7 nitrogen and oxygen atoms in total. The predicted octanol–water partition coefficient (Wildman–Crippen LogP) is 3.00. The third-order valence-electron chi connectivity index (χ3n) is 5.88. The summed E-state index contributed by atoms with van der Waals surface area (Å²) in [6.45, 7) is 2.94. The second-order valence-corrected chi connectivity index (χ2v) is 7.96. The third-order valence-corrected chi connectivity index (χ3v) is 5.88. The molecule has 0 radical (unpaired) electrons. The maximum Gasteiger partial charge on any atom is 0.238 e. The fourth-order valence-corrected chi connectivity index (χ4v) is 4.23. The number of amides is 2. The number of fused-ring (bicyclic) bond motifs is 1. The number of hydrogen-bond acceptors (Lipinski definition) is 5. The number of benzene rings is 1. The quantitative estimate of drug-likeness (QED) is 0.837. The first-order valence-corrected chi connectivity index (χ1v) is 10.4. The van der Waals surface area contributed by atoms with Gasteiger partial charge in [0.15, 0.2) is 0 Å². The van der Waals surface area contributed by atoms with Crippen molar-refractivity contribution in [1.82, 2.24) is 14.9 Å². The molecule has 0 unspecified atom stereocenters. The summed E-state index contributed by atoms with van der Waals surface area (Å²) in [6.07, 6.45) is 4.04. The van der Waals surface area contributed by atoms with E-state index >= 15 is 0 Å². The van der Waals surface area contributed by atoms with Gasteiger partial charge in [0.1, 0.15) is 17.5 Å². The Morgan fingerprint density at radius 1 is 1.20 bits per heavy atom. The lowest BCUT2D eigenvalue weighted by atomic mass is 9.99. The van der Waals surface area contributed by atoms with Crippen LogP contribution in [0.5, 0.6) is 0 Å². The number of hydrogen-bond donors (Lipinski definition) is 1. The number of carbonyl (C=O) groups excluding carboxylic acids is 2. The third kappa shape index (κ3) is 4.18. The number of carbonyl (C=O) groups is 2. The Bertz CT molecular complexity index is 963. The molecule has 2 aliphatic heterocycles. The Kier molecular flexibility index (Phi) is 5.76. The fourth-order valence-electron chi connectivity index (χ4n) is 4.23. The molecule has 8 heteroatoms. The zero-order chi connectivity index (χ0) is 21.3. The normalized spacial score (nSPS) is 19.5. The van der Waals surface area contributed by atoms with Crippen molar-refractivity contribution in [3.05, 3.63) is 47.2 Å². The van der Waals surface area contributed by atoms with Gasteiger partial charge in [-0.05, 0) is 57.0 Å². The van der Waals surface area contributed by atoms with Gasteiger partial charge >= 0.3 is 0 Å². The average Bonchev–Trinajstić information content (AvgIpc) is 2.73. The molecular weight excluding hydrogens is 385 g/mol. The van der Waals surface area contributed by atoms with Gasteiger partial charge in [0, 0.05) is 30.4 Å². The molecule has 2 amide bonds. The molecule has 1 aromatic heterocycles. The summed E-state index contributed by atoms with van der Waals surface area (Å²) in [4.78, 5) is 38.0. The molecule has 0 aliphatic carbocycles. The van der Waals surface area contributed by atoms with Gasteiger partial charge in [0.25, 0.3) is 0 Å². The first-order chi connectivity index (χ1) is 14.4. The predicted molar refractivity (Wildman–Crippen MR) is 112 cm³/mol. The van der Waals surface area contributed by atoms with Gasteiger partial charge in [-0.2, -0.15) is 0 Å². The SMILES string of the molecule is Cc1nc([C@@H]2CCCCN2CC(=O)Nc2ccc(F)cc2)nc2c1CCC(=O)N2C. The van der Waals surface area contributed by atoms with Gasteiger partial charge < -0.3 is 5.32 Å². The zero-order valence-electron chi connectivity index (χ0n) is 17.3. The minimum atomic E-state index is -0.340. The van der Waals surface area contributed by atoms with E-state index in [1.54, 1.807) is 24.1 Å². The number of halogens is 1. The van der Waals surface area contributed by atoms with Crippen molar-refractivity contribution in [1.29, 1.82) is 0 Å². The molecule has 1 atom stereocenters. The van der Waals surface area contributed by atoms with Crippen molar-refractivity contribution in [2.75, 3.05) is 30.4 Å². The van der Waals surface area contributed by atoms with Gasteiger partial charge in [0.2, 0.25) is 11.8 Å². The van der Waals surface area contributed by atoms with E-state index in [1.165, 1.54) is 12.1 Å². The second kappa shape index (κ2) is 8.47. The molecule has 30 heavy (non-hydrogen) atoms. The molecule has 1 saturated heterocycles. The summed E-state index contributed by atoms with van der Waals surface area (Å²) in [7, 11) is 1.76. The number of rotatable bonds is 4. The highest BCUT2D eigenvalue weighted by Crippen LogP contribution is 2.33. The molecule has 0 bridgehead atoms. The lowest BCUT2D eigenvalue weighted by Gasteiger charge is -2.35. The highest BCUT2D eigenvalue weighted by Gasteiger charge is 2.31. The number of nitrogens with zero attached hydrogens (tertiary/aromatic N) is 4. The summed E-state index contributed by atoms with van der Waals surface area (Å²) in [5.41, 5.74) is 2.49. The van der Waals surface area contributed by atoms with Crippen LogP contribution in [0.1, 0.15) is 48.8 Å². The Labute approximate surface area is 175 Å². The molecule has 2 aromatic rings. The minimum Gasteiger partial charge on any atom is -0.325 e. The molecule has 158 valence electrons. The van der Waals surface area contributed by atoms with E-state index in [0.29, 0.717) is 30.2 Å². The fraction of sp³-hybridized carbons (Fsp3) is 0.455. The molecule has 0 spiro atoms. The van der Waals surface area contributed by atoms with Crippen molar-refractivity contribution in [2.45, 2.75) is 45.1 Å². The van der Waals surface area contributed by atoms with Crippen LogP contribution in [0.2, 0.25) is 0 Å². The number of likely N-dealkylation sites (tertiary alicyclic amines) is 1. The standard InChI is InChI=1S/C22H26FN5O2/c1-14-17-10-11-20(30)27(2)22(17)26-21(24-14)18-5-3-4-12-28(18)13-19(29)25-16-8-6-15(23)7-9-16/h6-9,18H,3-5,10-13H2,1-2H3,(H,25,29)/t18-/m0/s1. The number of anilines is 2. The van der Waals surface area contributed by atoms with Gasteiger partial charge in [-0.15, -0.1) is 0 Å². The van der Waals surface area contributed by atoms with Gasteiger partial charge in [-0.25, -0.2) is 14.4 Å². The van der Waals surface area contributed by atoms with Gasteiger partial charge in [-0.3, -0.25) is 19.4 Å². The Hall–Kier alpha value is -2.87. The molecule has 0 saturated carbocycles. The molecule has 1 fully saturated rings. The summed E-state index contributed by atoms with van der Waals surface area (Å²) in [5.74, 6) is 0.922. The second-order valence-electron chi connectivity index (χ2n) is 7.96. The van der Waals surface area contributed by atoms with Crippen molar-refractivity contribution < 1.29 is 14.0 Å². The minimum absolute atomic E-state index is 0.0609. The lowest BCUT2D eigenvalue weighted by molar-refractivity contribution is -0.119. The van der Waals surface area contributed by atoms with Crippen LogP contribution in [0, 0.1) is 12.7 Å². The van der Waals surface area contributed by atoms with Crippen LogP contribution in [-0.2, 0) is 16.0 Å². The van der Waals surface area contributed by atoms with Crippen LogP contribution in [-0.4, -0.2) is 46.8 Å². The number of aryl methyl sites for hydroxylation is 1. The Morgan fingerprint density at radius 3 is 2.73 bits per heavy atom. The first kappa shape index (κ1) is 20.4. The van der Waals surface area contributed by atoms with Gasteiger partial charge in [-0.1, -0.05) is 6.42 Å². The van der Waals surface area contributed by atoms with E-state index in [9.17, 15) is 14.0 Å².